The van der Waals surface area contributed by atoms with Crippen molar-refractivity contribution in [3.05, 3.63) is 95.2 Å². The molecule has 1 amide bonds. The lowest BCUT2D eigenvalue weighted by atomic mass is 10.1. The summed E-state index contributed by atoms with van der Waals surface area (Å²) in [4.78, 5) is 16.6. The third kappa shape index (κ3) is 4.75. The molecule has 0 aliphatic carbocycles. The van der Waals surface area contributed by atoms with Crippen molar-refractivity contribution in [2.24, 2.45) is 0 Å². The summed E-state index contributed by atoms with van der Waals surface area (Å²) in [5.41, 5.74) is 3.34. The van der Waals surface area contributed by atoms with E-state index in [1.165, 1.54) is 5.56 Å². The lowest BCUT2D eigenvalue weighted by Gasteiger charge is -2.06. The van der Waals surface area contributed by atoms with E-state index < -0.39 is 5.91 Å². The number of carbonyl (C=O) groups is 1. The molecule has 0 spiro atoms. The molecular formula is C23H22N4O3. The molecule has 7 nitrogen and oxygen atoms in total. The van der Waals surface area contributed by atoms with Crippen LogP contribution in [0.25, 0.3) is 0 Å². The number of benzene rings is 2. The number of anilines is 1. The van der Waals surface area contributed by atoms with Crippen molar-refractivity contribution in [1.82, 2.24) is 14.8 Å². The zero-order valence-corrected chi connectivity index (χ0v) is 16.8. The van der Waals surface area contributed by atoms with Gasteiger partial charge in [-0.05, 0) is 43.2 Å². The maximum Gasteiger partial charge on any atom is 0.293 e. The molecule has 0 radical (unpaired) electrons. The van der Waals surface area contributed by atoms with Crippen molar-refractivity contribution in [1.29, 1.82) is 0 Å². The molecule has 4 rings (SSSR count). The van der Waals surface area contributed by atoms with Crippen LogP contribution in [-0.4, -0.2) is 20.7 Å². The Balaban J connectivity index is 1.34. The largest absolute Gasteiger partial charge is 0.485 e. The highest BCUT2D eigenvalue weighted by molar-refractivity contribution is 6.01. The van der Waals surface area contributed by atoms with E-state index in [4.69, 9.17) is 9.15 Å². The van der Waals surface area contributed by atoms with Crippen LogP contribution in [-0.2, 0) is 13.2 Å². The van der Waals surface area contributed by atoms with E-state index in [1.807, 2.05) is 62.4 Å². The molecule has 0 unspecified atom stereocenters. The molecule has 2 aromatic carbocycles. The van der Waals surface area contributed by atoms with Crippen molar-refractivity contribution in [3.63, 3.8) is 0 Å². The predicted molar refractivity (Wildman–Crippen MR) is 112 cm³/mol. The Hall–Kier alpha value is -3.87. The van der Waals surface area contributed by atoms with Crippen molar-refractivity contribution >= 4 is 11.9 Å². The number of amides is 1. The van der Waals surface area contributed by atoms with Crippen LogP contribution >= 0.6 is 0 Å². The van der Waals surface area contributed by atoms with Crippen LogP contribution in [0, 0.1) is 13.8 Å². The molecule has 30 heavy (non-hydrogen) atoms. The van der Waals surface area contributed by atoms with Crippen LogP contribution < -0.4 is 10.1 Å². The zero-order valence-electron chi connectivity index (χ0n) is 16.8. The van der Waals surface area contributed by atoms with Gasteiger partial charge in [0.25, 0.3) is 5.91 Å². The molecule has 152 valence electrons. The van der Waals surface area contributed by atoms with Gasteiger partial charge < -0.3 is 9.15 Å². The first-order valence-corrected chi connectivity index (χ1v) is 9.60. The minimum absolute atomic E-state index is 0.174. The highest BCUT2D eigenvalue weighted by Crippen LogP contribution is 2.19. The molecule has 7 heteroatoms. The first kappa shape index (κ1) is 19.4. The number of aryl methyl sites for hydroxylation is 2. The summed E-state index contributed by atoms with van der Waals surface area (Å²) >= 11 is 0. The molecule has 2 heterocycles. The highest BCUT2D eigenvalue weighted by Gasteiger charge is 2.14. The van der Waals surface area contributed by atoms with Gasteiger partial charge in [0, 0.05) is 0 Å². The summed E-state index contributed by atoms with van der Waals surface area (Å²) in [6.07, 6.45) is 1.58. The van der Waals surface area contributed by atoms with Gasteiger partial charge in [-0.2, -0.15) is 0 Å². The Labute approximate surface area is 174 Å². The molecule has 0 saturated carbocycles. The van der Waals surface area contributed by atoms with Crippen molar-refractivity contribution in [3.8, 4) is 5.75 Å². The quantitative estimate of drug-likeness (QED) is 0.496. The van der Waals surface area contributed by atoms with Crippen molar-refractivity contribution in [2.45, 2.75) is 27.0 Å². The van der Waals surface area contributed by atoms with Crippen LogP contribution in [0.3, 0.4) is 0 Å². The zero-order chi connectivity index (χ0) is 20.9. The average Bonchev–Trinajstić information content (AvgIpc) is 3.39. The normalized spacial score (nSPS) is 10.7. The summed E-state index contributed by atoms with van der Waals surface area (Å²) in [7, 11) is 0. The third-order valence-electron chi connectivity index (χ3n) is 4.58. The van der Waals surface area contributed by atoms with E-state index in [2.05, 4.69) is 15.4 Å². The second-order valence-electron chi connectivity index (χ2n) is 7.03. The van der Waals surface area contributed by atoms with Crippen LogP contribution in [0.15, 0.2) is 71.4 Å². The van der Waals surface area contributed by atoms with Crippen LogP contribution in [0.5, 0.6) is 5.75 Å². The minimum Gasteiger partial charge on any atom is -0.485 e. The topological polar surface area (TPSA) is 82.2 Å². The summed E-state index contributed by atoms with van der Waals surface area (Å²) in [5.74, 6) is 1.32. The molecular weight excluding hydrogens is 380 g/mol. The summed E-state index contributed by atoms with van der Waals surface area (Å²) in [6, 6.07) is 19.2. The molecule has 1 N–H and O–H groups in total. The van der Waals surface area contributed by atoms with E-state index in [0.717, 1.165) is 16.9 Å². The van der Waals surface area contributed by atoms with E-state index in [0.29, 0.717) is 12.3 Å². The van der Waals surface area contributed by atoms with Gasteiger partial charge in [0.15, 0.2) is 5.76 Å². The van der Waals surface area contributed by atoms with Gasteiger partial charge in [-0.25, -0.2) is 9.67 Å². The Bertz CT molecular complexity index is 1150. The first-order valence-electron chi connectivity index (χ1n) is 9.60. The monoisotopic (exact) mass is 402 g/mol. The van der Waals surface area contributed by atoms with Crippen molar-refractivity contribution < 1.29 is 13.9 Å². The molecule has 0 saturated heterocycles. The highest BCUT2D eigenvalue weighted by atomic mass is 16.5. The first-order chi connectivity index (χ1) is 14.6. The van der Waals surface area contributed by atoms with Gasteiger partial charge in [-0.15, -0.1) is 5.10 Å². The number of para-hydroxylation sites is 1. The Morgan fingerprint density at radius 3 is 2.67 bits per heavy atom. The molecule has 0 aliphatic rings. The molecule has 2 aromatic heterocycles. The van der Waals surface area contributed by atoms with E-state index in [-0.39, 0.29) is 18.3 Å². The van der Waals surface area contributed by atoms with Gasteiger partial charge in [0.2, 0.25) is 5.95 Å². The van der Waals surface area contributed by atoms with Crippen LogP contribution in [0.4, 0.5) is 5.95 Å². The van der Waals surface area contributed by atoms with Gasteiger partial charge in [0.05, 0.1) is 6.54 Å². The lowest BCUT2D eigenvalue weighted by Crippen LogP contribution is -2.12. The number of nitrogens with zero attached hydrogens (tertiary/aromatic N) is 3. The Morgan fingerprint density at radius 2 is 1.87 bits per heavy atom. The molecule has 4 aromatic rings. The van der Waals surface area contributed by atoms with Gasteiger partial charge in [-0.3, -0.25) is 10.1 Å². The fraction of sp³-hybridized carbons (Fsp3) is 0.174. The Kier molecular flexibility index (Phi) is 5.61. The number of rotatable bonds is 7. The van der Waals surface area contributed by atoms with Crippen LogP contribution in [0.2, 0.25) is 0 Å². The summed E-state index contributed by atoms with van der Waals surface area (Å²) in [5, 5.41) is 6.95. The average molecular weight is 402 g/mol. The maximum atomic E-state index is 12.4. The second kappa shape index (κ2) is 8.65. The maximum absolute atomic E-state index is 12.4. The fourth-order valence-electron chi connectivity index (χ4n) is 2.92. The molecule has 0 aliphatic heterocycles. The standard InChI is InChI=1S/C23H22N4O3/c1-16-7-9-18(10-8-16)13-27-15-24-23(26-27)25-22(28)21-12-11-19(30-21)14-29-20-6-4-3-5-17(20)2/h3-12,15H,13-14H2,1-2H3,(H,25,26,28). The lowest BCUT2D eigenvalue weighted by molar-refractivity contribution is 0.0991. The Morgan fingerprint density at radius 1 is 1.07 bits per heavy atom. The van der Waals surface area contributed by atoms with Gasteiger partial charge >= 0.3 is 0 Å². The van der Waals surface area contributed by atoms with E-state index in [1.54, 1.807) is 23.1 Å². The third-order valence-corrected chi connectivity index (χ3v) is 4.58. The number of carbonyl (C=O) groups excluding carboxylic acids is 1. The van der Waals surface area contributed by atoms with E-state index in [9.17, 15) is 4.79 Å². The predicted octanol–water partition coefficient (Wildman–Crippen LogP) is 4.37. The number of nitrogens with one attached hydrogen (secondary N) is 1. The van der Waals surface area contributed by atoms with Crippen LogP contribution in [0.1, 0.15) is 33.0 Å². The molecule has 0 bridgehead atoms. The number of aromatic nitrogens is 3. The fourth-order valence-corrected chi connectivity index (χ4v) is 2.92. The van der Waals surface area contributed by atoms with Crippen molar-refractivity contribution in [2.75, 3.05) is 5.32 Å². The minimum atomic E-state index is -0.412. The number of ether oxygens (including phenoxy) is 1. The van der Waals surface area contributed by atoms with Gasteiger partial charge in [-0.1, -0.05) is 48.0 Å². The summed E-state index contributed by atoms with van der Waals surface area (Å²) in [6.45, 7) is 4.83. The summed E-state index contributed by atoms with van der Waals surface area (Å²) < 4.78 is 13.0. The smallest absolute Gasteiger partial charge is 0.293 e. The molecule has 0 atom stereocenters. The SMILES string of the molecule is Cc1ccc(Cn2cnc(NC(=O)c3ccc(COc4ccccc4C)o3)n2)cc1. The molecule has 0 fully saturated rings. The van der Waals surface area contributed by atoms with Gasteiger partial charge in [0.1, 0.15) is 24.4 Å². The number of hydrogen-bond donors (Lipinski definition) is 1. The second-order valence-corrected chi connectivity index (χ2v) is 7.03. The number of hydrogen-bond acceptors (Lipinski definition) is 5. The number of furan rings is 1. The van der Waals surface area contributed by atoms with E-state index >= 15 is 0 Å².